The number of Topliss-reactive ketones (excluding diaryl/α,β-unsaturated/α-hetero) is 1. The smallest absolute Gasteiger partial charge is 0.137 e. The van der Waals surface area contributed by atoms with Gasteiger partial charge >= 0.3 is 0 Å². The lowest BCUT2D eigenvalue weighted by atomic mass is 9.83. The number of benzene rings is 1. The van der Waals surface area contributed by atoms with Gasteiger partial charge in [-0.25, -0.2) is 9.97 Å². The molecule has 3 aliphatic rings. The Labute approximate surface area is 178 Å². The average Bonchev–Trinajstić information content (AvgIpc) is 2.80. The van der Waals surface area contributed by atoms with Crippen molar-refractivity contribution >= 4 is 22.5 Å². The zero-order chi connectivity index (χ0) is 20.3. The monoisotopic (exact) mass is 408 g/mol. The first-order valence-corrected chi connectivity index (χ1v) is 11.6. The van der Waals surface area contributed by atoms with Gasteiger partial charge in [-0.05, 0) is 62.1 Å². The van der Waals surface area contributed by atoms with Crippen molar-refractivity contribution in [1.29, 1.82) is 0 Å². The number of hydrogen-bond acceptors (Lipinski definition) is 6. The number of ketones is 1. The van der Waals surface area contributed by atoms with Gasteiger partial charge in [0.05, 0.1) is 18.7 Å². The second kappa shape index (κ2) is 8.98. The van der Waals surface area contributed by atoms with Crippen molar-refractivity contribution in [3.05, 3.63) is 30.1 Å². The summed E-state index contributed by atoms with van der Waals surface area (Å²) in [7, 11) is 0. The third-order valence-electron chi connectivity index (χ3n) is 7.21. The molecule has 1 unspecified atom stereocenters. The van der Waals surface area contributed by atoms with Gasteiger partial charge in [0.2, 0.25) is 0 Å². The van der Waals surface area contributed by atoms with Crippen LogP contribution in [0.5, 0.6) is 0 Å². The van der Waals surface area contributed by atoms with Crippen LogP contribution in [0.1, 0.15) is 62.8 Å². The van der Waals surface area contributed by atoms with Crippen LogP contribution < -0.4 is 5.32 Å². The molecule has 5 rings (SSSR count). The molecule has 0 spiro atoms. The van der Waals surface area contributed by atoms with Crippen LogP contribution in [0.25, 0.3) is 10.9 Å². The number of morpholine rings is 1. The SMILES string of the molecule is O=C1CCCC(c2ccc3ncnc(NC4CCC(N5CCOCC5)CC4)c3c2)C1. The third-order valence-corrected chi connectivity index (χ3v) is 7.21. The first-order valence-electron chi connectivity index (χ1n) is 11.6. The van der Waals surface area contributed by atoms with Crippen molar-refractivity contribution in [2.45, 2.75) is 69.4 Å². The van der Waals surface area contributed by atoms with Crippen LogP contribution in [-0.4, -0.2) is 59.0 Å². The Balaban J connectivity index is 1.28. The molecular weight excluding hydrogens is 376 g/mol. The van der Waals surface area contributed by atoms with E-state index in [1.807, 2.05) is 0 Å². The Morgan fingerprint density at radius 1 is 1.03 bits per heavy atom. The number of hydrogen-bond donors (Lipinski definition) is 1. The van der Waals surface area contributed by atoms with Crippen molar-refractivity contribution in [3.8, 4) is 0 Å². The fourth-order valence-corrected chi connectivity index (χ4v) is 5.47. The van der Waals surface area contributed by atoms with Gasteiger partial charge < -0.3 is 10.1 Å². The van der Waals surface area contributed by atoms with Crippen LogP contribution in [0.3, 0.4) is 0 Å². The predicted octanol–water partition coefficient (Wildman–Crippen LogP) is 3.91. The number of aromatic nitrogens is 2. The van der Waals surface area contributed by atoms with E-state index in [2.05, 4.69) is 38.4 Å². The summed E-state index contributed by atoms with van der Waals surface area (Å²) in [6, 6.07) is 7.62. The molecule has 0 radical (unpaired) electrons. The minimum Gasteiger partial charge on any atom is -0.379 e. The van der Waals surface area contributed by atoms with Gasteiger partial charge in [0.25, 0.3) is 0 Å². The fraction of sp³-hybridized carbons (Fsp3) is 0.625. The lowest BCUT2D eigenvalue weighted by Gasteiger charge is -2.39. The molecule has 1 aromatic heterocycles. The van der Waals surface area contributed by atoms with E-state index in [0.717, 1.165) is 62.3 Å². The van der Waals surface area contributed by atoms with E-state index in [4.69, 9.17) is 4.74 Å². The first kappa shape index (κ1) is 19.9. The molecule has 1 atom stereocenters. The topological polar surface area (TPSA) is 67.4 Å². The summed E-state index contributed by atoms with van der Waals surface area (Å²) in [4.78, 5) is 23.6. The molecule has 2 heterocycles. The second-order valence-electron chi connectivity index (χ2n) is 9.13. The molecule has 30 heavy (non-hydrogen) atoms. The molecule has 3 fully saturated rings. The number of rotatable bonds is 4. The summed E-state index contributed by atoms with van der Waals surface area (Å²) in [6.45, 7) is 3.90. The standard InChI is InChI=1S/C24H32N4O2/c29-21-3-1-2-17(14-21)18-4-9-23-22(15-18)24(26-16-25-23)27-19-5-7-20(8-6-19)28-10-12-30-13-11-28/h4,9,15-17,19-20H,1-3,5-8,10-14H2,(H,25,26,27). The van der Waals surface area contributed by atoms with Gasteiger partial charge in [-0.2, -0.15) is 0 Å². The first-order chi connectivity index (χ1) is 14.8. The molecule has 1 aliphatic heterocycles. The van der Waals surface area contributed by atoms with E-state index in [9.17, 15) is 4.79 Å². The molecule has 2 aliphatic carbocycles. The Bertz CT molecular complexity index is 888. The summed E-state index contributed by atoms with van der Waals surface area (Å²) in [5.74, 6) is 1.68. The fourth-order valence-electron chi connectivity index (χ4n) is 5.47. The predicted molar refractivity (Wildman–Crippen MR) is 118 cm³/mol. The minimum absolute atomic E-state index is 0.340. The minimum atomic E-state index is 0.340. The van der Waals surface area contributed by atoms with Gasteiger partial charge in [-0.3, -0.25) is 9.69 Å². The molecule has 1 saturated heterocycles. The number of carbonyl (C=O) groups is 1. The van der Waals surface area contributed by atoms with Crippen molar-refractivity contribution in [1.82, 2.24) is 14.9 Å². The van der Waals surface area contributed by atoms with E-state index in [1.54, 1.807) is 6.33 Å². The van der Waals surface area contributed by atoms with E-state index in [0.29, 0.717) is 30.2 Å². The lowest BCUT2D eigenvalue weighted by Crippen LogP contribution is -2.46. The number of nitrogens with one attached hydrogen (secondary N) is 1. The van der Waals surface area contributed by atoms with Crippen LogP contribution >= 0.6 is 0 Å². The van der Waals surface area contributed by atoms with Crippen LogP contribution in [0.2, 0.25) is 0 Å². The zero-order valence-electron chi connectivity index (χ0n) is 17.7. The quantitative estimate of drug-likeness (QED) is 0.827. The molecule has 1 N–H and O–H groups in total. The van der Waals surface area contributed by atoms with E-state index in [1.165, 1.54) is 31.2 Å². The van der Waals surface area contributed by atoms with Crippen LogP contribution in [0.15, 0.2) is 24.5 Å². The molecule has 1 aromatic carbocycles. The van der Waals surface area contributed by atoms with Crippen LogP contribution in [0, 0.1) is 0 Å². The van der Waals surface area contributed by atoms with Crippen molar-refractivity contribution in [3.63, 3.8) is 0 Å². The molecule has 2 aromatic rings. The zero-order valence-corrected chi connectivity index (χ0v) is 17.7. The molecule has 2 saturated carbocycles. The summed E-state index contributed by atoms with van der Waals surface area (Å²) in [5, 5.41) is 4.81. The average molecular weight is 409 g/mol. The van der Waals surface area contributed by atoms with Crippen molar-refractivity contribution < 1.29 is 9.53 Å². The highest BCUT2D eigenvalue weighted by atomic mass is 16.5. The Morgan fingerprint density at radius 2 is 1.87 bits per heavy atom. The number of nitrogens with zero attached hydrogens (tertiary/aromatic N) is 3. The van der Waals surface area contributed by atoms with Crippen molar-refractivity contribution in [2.24, 2.45) is 0 Å². The van der Waals surface area contributed by atoms with Crippen LogP contribution in [0.4, 0.5) is 5.82 Å². The number of anilines is 1. The molecule has 6 heteroatoms. The van der Waals surface area contributed by atoms with Gasteiger partial charge in [0, 0.05) is 43.4 Å². The van der Waals surface area contributed by atoms with Gasteiger partial charge in [-0.1, -0.05) is 6.07 Å². The molecule has 0 bridgehead atoms. The third kappa shape index (κ3) is 4.35. The molecule has 160 valence electrons. The summed E-state index contributed by atoms with van der Waals surface area (Å²) in [5.41, 5.74) is 2.23. The summed E-state index contributed by atoms with van der Waals surface area (Å²) >= 11 is 0. The summed E-state index contributed by atoms with van der Waals surface area (Å²) < 4.78 is 5.50. The summed E-state index contributed by atoms with van der Waals surface area (Å²) in [6.07, 6.45) is 9.99. The van der Waals surface area contributed by atoms with Crippen molar-refractivity contribution in [2.75, 3.05) is 31.6 Å². The molecule has 0 amide bonds. The highest BCUT2D eigenvalue weighted by molar-refractivity contribution is 5.90. The van der Waals surface area contributed by atoms with Gasteiger partial charge in [-0.15, -0.1) is 0 Å². The van der Waals surface area contributed by atoms with E-state index >= 15 is 0 Å². The van der Waals surface area contributed by atoms with Gasteiger partial charge in [0.1, 0.15) is 17.9 Å². The maximum Gasteiger partial charge on any atom is 0.137 e. The lowest BCUT2D eigenvalue weighted by molar-refractivity contribution is -0.120. The maximum absolute atomic E-state index is 11.9. The number of fused-ring (bicyclic) bond motifs is 1. The largest absolute Gasteiger partial charge is 0.379 e. The van der Waals surface area contributed by atoms with Gasteiger partial charge in [0.15, 0.2) is 0 Å². The molecule has 6 nitrogen and oxygen atoms in total. The van der Waals surface area contributed by atoms with E-state index in [-0.39, 0.29) is 0 Å². The highest BCUT2D eigenvalue weighted by Crippen LogP contribution is 2.34. The Hall–Kier alpha value is -2.05. The highest BCUT2D eigenvalue weighted by Gasteiger charge is 2.27. The normalized spacial score (nSPS) is 28.5. The van der Waals surface area contributed by atoms with Crippen LogP contribution in [-0.2, 0) is 9.53 Å². The Kier molecular flexibility index (Phi) is 5.95. The second-order valence-corrected chi connectivity index (χ2v) is 9.13. The molecular formula is C24H32N4O2. The number of ether oxygens (including phenoxy) is 1. The Morgan fingerprint density at radius 3 is 2.67 bits per heavy atom. The maximum atomic E-state index is 11.9. The van der Waals surface area contributed by atoms with E-state index < -0.39 is 0 Å². The number of carbonyl (C=O) groups excluding carboxylic acids is 1.